The van der Waals surface area contributed by atoms with E-state index >= 15 is 0 Å². The van der Waals surface area contributed by atoms with E-state index in [2.05, 4.69) is 31.3 Å². The normalized spacial score (nSPS) is 10.7. The number of carbonyl (C=O) groups is 2. The van der Waals surface area contributed by atoms with Crippen molar-refractivity contribution in [2.45, 2.75) is 53.5 Å². The lowest BCUT2D eigenvalue weighted by molar-refractivity contribution is -0.132. The van der Waals surface area contributed by atoms with Crippen molar-refractivity contribution >= 4 is 29.0 Å². The number of methoxy groups -OCH3 is 2. The molecule has 3 rings (SSSR count). The summed E-state index contributed by atoms with van der Waals surface area (Å²) in [5, 5.41) is 3.03. The average Bonchev–Trinajstić information content (AvgIpc) is 3.35. The fourth-order valence-electron chi connectivity index (χ4n) is 4.30. The topological polar surface area (TPSA) is 71.1 Å². The van der Waals surface area contributed by atoms with Gasteiger partial charge in [0.25, 0.3) is 0 Å². The minimum atomic E-state index is -0.252. The van der Waals surface area contributed by atoms with Crippen LogP contribution >= 0.6 is 11.3 Å². The summed E-state index contributed by atoms with van der Waals surface area (Å²) in [5.41, 5.74) is 3.95. The fraction of sp³-hybridized carbons (Fsp3) is 0.419. The smallest absolute Gasteiger partial charge is 0.322 e. The maximum Gasteiger partial charge on any atom is 0.322 e. The van der Waals surface area contributed by atoms with Crippen LogP contribution in [0.1, 0.15) is 46.2 Å². The molecule has 7 nitrogen and oxygen atoms in total. The summed E-state index contributed by atoms with van der Waals surface area (Å²) in [6.45, 7) is 9.71. The van der Waals surface area contributed by atoms with Gasteiger partial charge in [-0.25, -0.2) is 4.79 Å². The van der Waals surface area contributed by atoms with E-state index < -0.39 is 0 Å². The Balaban J connectivity index is 1.77. The molecule has 0 aliphatic heterocycles. The largest absolute Gasteiger partial charge is 0.493 e. The highest BCUT2D eigenvalue weighted by Gasteiger charge is 2.22. The van der Waals surface area contributed by atoms with E-state index in [0.717, 1.165) is 40.1 Å². The molecule has 3 aromatic rings. The van der Waals surface area contributed by atoms with Crippen LogP contribution in [0.3, 0.4) is 0 Å². The first-order valence-electron chi connectivity index (χ1n) is 13.4. The number of rotatable bonds is 13. The van der Waals surface area contributed by atoms with E-state index in [9.17, 15) is 9.59 Å². The van der Waals surface area contributed by atoms with E-state index in [1.807, 2.05) is 55.1 Å². The Hall–Kier alpha value is -3.52. The number of nitrogens with zero attached hydrogens (tertiary/aromatic N) is 2. The van der Waals surface area contributed by atoms with Gasteiger partial charge in [0, 0.05) is 28.5 Å². The molecule has 0 aliphatic carbocycles. The first-order chi connectivity index (χ1) is 18.7. The van der Waals surface area contributed by atoms with Crippen molar-refractivity contribution in [2.75, 3.05) is 39.2 Å². The number of carbonyl (C=O) groups excluding carboxylic acids is 2. The standard InChI is InChI=1S/C31H41N3O4S/c1-7-8-17-34(31(36)32-27-11-9-10-22(2)24(27)4)21-30(35)33(20-26-14-12-23(3)39-26)18-16-25-13-15-28(37-5)29(19-25)38-6/h9-15,19H,7-8,16-18,20-21H2,1-6H3,(H,32,36). The molecule has 0 saturated heterocycles. The molecule has 0 fully saturated rings. The second-order valence-corrected chi connectivity index (χ2v) is 11.1. The van der Waals surface area contributed by atoms with E-state index in [0.29, 0.717) is 37.6 Å². The average molecular weight is 552 g/mol. The van der Waals surface area contributed by atoms with E-state index in [1.54, 1.807) is 30.5 Å². The molecule has 0 aliphatic rings. The van der Waals surface area contributed by atoms with Gasteiger partial charge in [0.2, 0.25) is 5.91 Å². The molecular formula is C31H41N3O4S. The van der Waals surface area contributed by atoms with Crippen LogP contribution in [0.4, 0.5) is 10.5 Å². The number of hydrogen-bond acceptors (Lipinski definition) is 5. The molecule has 39 heavy (non-hydrogen) atoms. The molecule has 0 bridgehead atoms. The number of anilines is 1. The molecule has 1 heterocycles. The third kappa shape index (κ3) is 8.48. The molecular weight excluding hydrogens is 510 g/mol. The predicted octanol–water partition coefficient (Wildman–Crippen LogP) is 6.60. The Morgan fingerprint density at radius 2 is 1.69 bits per heavy atom. The summed E-state index contributed by atoms with van der Waals surface area (Å²) in [6.07, 6.45) is 2.41. The van der Waals surface area contributed by atoms with Gasteiger partial charge in [-0.15, -0.1) is 11.3 Å². The summed E-state index contributed by atoms with van der Waals surface area (Å²) >= 11 is 1.69. The highest BCUT2D eigenvalue weighted by atomic mass is 32.1. The number of unbranched alkanes of at least 4 members (excludes halogenated alkanes) is 1. The summed E-state index contributed by atoms with van der Waals surface area (Å²) in [7, 11) is 3.23. The van der Waals surface area contributed by atoms with Crippen molar-refractivity contribution < 1.29 is 19.1 Å². The van der Waals surface area contributed by atoms with Gasteiger partial charge in [-0.2, -0.15) is 0 Å². The van der Waals surface area contributed by atoms with Crippen LogP contribution in [0, 0.1) is 20.8 Å². The molecule has 0 saturated carbocycles. The SMILES string of the molecule is CCCCN(CC(=O)N(CCc1ccc(OC)c(OC)c1)Cc1ccc(C)s1)C(=O)Nc1cccc(C)c1C. The van der Waals surface area contributed by atoms with Gasteiger partial charge in [-0.3, -0.25) is 4.79 Å². The minimum absolute atomic E-state index is 0.0208. The highest BCUT2D eigenvalue weighted by Crippen LogP contribution is 2.28. The number of thiophene rings is 1. The summed E-state index contributed by atoms with van der Waals surface area (Å²) < 4.78 is 10.8. The van der Waals surface area contributed by atoms with Crippen LogP contribution in [-0.4, -0.2) is 55.6 Å². The van der Waals surface area contributed by atoms with Gasteiger partial charge < -0.3 is 24.6 Å². The van der Waals surface area contributed by atoms with Gasteiger partial charge >= 0.3 is 6.03 Å². The second-order valence-electron chi connectivity index (χ2n) is 9.72. The Kier molecular flexibility index (Phi) is 11.2. The van der Waals surface area contributed by atoms with Crippen molar-refractivity contribution in [3.63, 3.8) is 0 Å². The third-order valence-electron chi connectivity index (χ3n) is 6.85. The van der Waals surface area contributed by atoms with Crippen molar-refractivity contribution in [3.8, 4) is 11.5 Å². The van der Waals surface area contributed by atoms with Gasteiger partial charge in [-0.1, -0.05) is 31.5 Å². The molecule has 8 heteroatoms. The molecule has 2 aromatic carbocycles. The third-order valence-corrected chi connectivity index (χ3v) is 7.84. The molecule has 1 aromatic heterocycles. The molecule has 0 spiro atoms. The number of nitrogens with one attached hydrogen (secondary N) is 1. The lowest BCUT2D eigenvalue weighted by atomic mass is 10.1. The maximum atomic E-state index is 13.7. The number of urea groups is 1. The zero-order valence-corrected chi connectivity index (χ0v) is 24.8. The zero-order valence-electron chi connectivity index (χ0n) is 24.0. The number of ether oxygens (including phenoxy) is 2. The lowest BCUT2D eigenvalue weighted by Crippen LogP contribution is -2.45. The van der Waals surface area contributed by atoms with Gasteiger partial charge in [-0.05, 0) is 80.6 Å². The molecule has 0 unspecified atom stereocenters. The predicted molar refractivity (Wildman–Crippen MR) is 159 cm³/mol. The van der Waals surface area contributed by atoms with E-state index in [-0.39, 0.29) is 18.5 Å². The number of hydrogen-bond donors (Lipinski definition) is 1. The molecule has 1 N–H and O–H groups in total. The lowest BCUT2D eigenvalue weighted by Gasteiger charge is -2.28. The molecule has 0 atom stereocenters. The van der Waals surface area contributed by atoms with Gasteiger partial charge in [0.05, 0.1) is 20.8 Å². The molecule has 0 radical (unpaired) electrons. The second kappa shape index (κ2) is 14.6. The Bertz CT molecular complexity index is 1260. The van der Waals surface area contributed by atoms with Crippen molar-refractivity contribution in [1.82, 2.24) is 9.80 Å². The van der Waals surface area contributed by atoms with E-state index in [4.69, 9.17) is 9.47 Å². The fourth-order valence-corrected chi connectivity index (χ4v) is 5.20. The van der Waals surface area contributed by atoms with Gasteiger partial charge in [0.1, 0.15) is 6.54 Å². The van der Waals surface area contributed by atoms with Crippen LogP contribution in [0.5, 0.6) is 11.5 Å². The van der Waals surface area contributed by atoms with Crippen molar-refractivity contribution in [3.05, 3.63) is 75.0 Å². The monoisotopic (exact) mass is 551 g/mol. The van der Waals surface area contributed by atoms with Crippen LogP contribution in [0.25, 0.3) is 0 Å². The number of benzene rings is 2. The Morgan fingerprint density at radius 1 is 0.923 bits per heavy atom. The van der Waals surface area contributed by atoms with Gasteiger partial charge in [0.15, 0.2) is 11.5 Å². The van der Waals surface area contributed by atoms with Crippen LogP contribution in [0.2, 0.25) is 0 Å². The maximum absolute atomic E-state index is 13.7. The summed E-state index contributed by atoms with van der Waals surface area (Å²) in [5.74, 6) is 1.26. The quantitative estimate of drug-likeness (QED) is 0.260. The first kappa shape index (κ1) is 30.0. The highest BCUT2D eigenvalue weighted by molar-refractivity contribution is 7.11. The number of aryl methyl sites for hydroxylation is 2. The number of amides is 3. The molecule has 210 valence electrons. The first-order valence-corrected chi connectivity index (χ1v) is 14.2. The molecule has 3 amide bonds. The summed E-state index contributed by atoms with van der Waals surface area (Å²) in [4.78, 5) is 32.9. The van der Waals surface area contributed by atoms with Crippen LogP contribution < -0.4 is 14.8 Å². The van der Waals surface area contributed by atoms with Crippen LogP contribution in [-0.2, 0) is 17.8 Å². The minimum Gasteiger partial charge on any atom is -0.493 e. The Morgan fingerprint density at radius 3 is 2.36 bits per heavy atom. The van der Waals surface area contributed by atoms with E-state index in [1.165, 1.54) is 4.88 Å². The van der Waals surface area contributed by atoms with Crippen molar-refractivity contribution in [2.24, 2.45) is 0 Å². The summed E-state index contributed by atoms with van der Waals surface area (Å²) in [6, 6.07) is 15.6. The van der Waals surface area contributed by atoms with Crippen molar-refractivity contribution in [1.29, 1.82) is 0 Å². The zero-order chi connectivity index (χ0) is 28.4. The Labute approximate surface area is 236 Å². The van der Waals surface area contributed by atoms with Crippen LogP contribution in [0.15, 0.2) is 48.5 Å².